The van der Waals surface area contributed by atoms with Crippen molar-refractivity contribution >= 4 is 15.9 Å². The number of hydrogen-bond acceptors (Lipinski definition) is 2. The Morgan fingerprint density at radius 1 is 1.47 bits per heavy atom. The van der Waals surface area contributed by atoms with Crippen LogP contribution in [0.2, 0.25) is 0 Å². The highest BCUT2D eigenvalue weighted by Gasteiger charge is 2.06. The van der Waals surface area contributed by atoms with Gasteiger partial charge in [-0.1, -0.05) is 36.2 Å². The highest BCUT2D eigenvalue weighted by Crippen LogP contribution is 2.20. The molecule has 0 amide bonds. The zero-order chi connectivity index (χ0) is 11.3. The molecule has 84 valence electrons. The summed E-state index contributed by atoms with van der Waals surface area (Å²) in [5.41, 5.74) is 2.01. The zero-order valence-corrected chi connectivity index (χ0v) is 11.2. The highest BCUT2D eigenvalue weighted by molar-refractivity contribution is 9.08. The minimum atomic E-state index is 0.592. The molecule has 0 bridgehead atoms. The van der Waals surface area contributed by atoms with Crippen LogP contribution in [-0.4, -0.2) is 11.6 Å². The first kappa shape index (κ1) is 12.5. The smallest absolute Gasteiger partial charge is 0.141 e. The van der Waals surface area contributed by atoms with Crippen molar-refractivity contribution in [1.82, 2.24) is 4.98 Å². The molecule has 2 nitrogen and oxygen atoms in total. The van der Waals surface area contributed by atoms with Crippen molar-refractivity contribution in [2.24, 2.45) is 5.92 Å². The molecule has 1 aromatic rings. The Morgan fingerprint density at radius 2 is 2.20 bits per heavy atom. The molecule has 0 aliphatic heterocycles. The van der Waals surface area contributed by atoms with E-state index >= 15 is 0 Å². The molecule has 0 N–H and O–H groups in total. The molecule has 0 aromatic carbocycles. The summed E-state index contributed by atoms with van der Waals surface area (Å²) in [6, 6.07) is 3.99. The van der Waals surface area contributed by atoms with Crippen LogP contribution in [0.3, 0.4) is 0 Å². The highest BCUT2D eigenvalue weighted by atomic mass is 79.9. The maximum atomic E-state index is 5.74. The summed E-state index contributed by atoms with van der Waals surface area (Å²) in [6.07, 6.45) is 1.14. The van der Waals surface area contributed by atoms with Gasteiger partial charge in [0.1, 0.15) is 5.75 Å². The van der Waals surface area contributed by atoms with E-state index in [1.165, 1.54) is 0 Å². The first-order valence-electron chi connectivity index (χ1n) is 5.32. The second kappa shape index (κ2) is 6.11. The Balaban J connectivity index is 2.67. The van der Waals surface area contributed by atoms with Gasteiger partial charge in [-0.2, -0.15) is 0 Å². The van der Waals surface area contributed by atoms with Gasteiger partial charge in [-0.25, -0.2) is 0 Å². The van der Waals surface area contributed by atoms with Crippen LogP contribution in [0.25, 0.3) is 0 Å². The molecule has 0 spiro atoms. The van der Waals surface area contributed by atoms with Crippen LogP contribution in [0.15, 0.2) is 12.1 Å². The number of hydrogen-bond donors (Lipinski definition) is 0. The summed E-state index contributed by atoms with van der Waals surface area (Å²) in [6.45, 7) is 7.12. The van der Waals surface area contributed by atoms with Crippen LogP contribution < -0.4 is 4.74 Å². The Bertz CT molecular complexity index is 314. The van der Waals surface area contributed by atoms with Crippen LogP contribution in [0, 0.1) is 12.8 Å². The zero-order valence-electron chi connectivity index (χ0n) is 9.59. The molecule has 15 heavy (non-hydrogen) atoms. The Kier molecular flexibility index (Phi) is 5.09. The summed E-state index contributed by atoms with van der Waals surface area (Å²) in [5.74, 6) is 1.49. The molecular weight excluding hydrogens is 254 g/mol. The summed E-state index contributed by atoms with van der Waals surface area (Å²) >= 11 is 3.42. The van der Waals surface area contributed by atoms with E-state index in [1.807, 2.05) is 19.1 Å². The molecule has 1 unspecified atom stereocenters. The molecule has 0 radical (unpaired) electrons. The summed E-state index contributed by atoms with van der Waals surface area (Å²) in [4.78, 5) is 4.42. The number of alkyl halides is 1. The predicted molar refractivity (Wildman–Crippen MR) is 66.6 cm³/mol. The molecule has 0 aliphatic rings. The Labute approximate surface area is 100 Å². The molecule has 1 atom stereocenters. The number of pyridine rings is 1. The van der Waals surface area contributed by atoms with Crippen LogP contribution in [-0.2, 0) is 5.33 Å². The lowest BCUT2D eigenvalue weighted by Crippen LogP contribution is -2.09. The minimum Gasteiger partial charge on any atom is -0.491 e. The average Bonchev–Trinajstić information content (AvgIpc) is 2.26. The SMILES string of the molecule is CCC(C)COc1ccc(C)nc1CBr. The molecule has 0 saturated heterocycles. The van der Waals surface area contributed by atoms with Gasteiger partial charge < -0.3 is 4.74 Å². The van der Waals surface area contributed by atoms with Crippen molar-refractivity contribution in [2.45, 2.75) is 32.5 Å². The fraction of sp³-hybridized carbons (Fsp3) is 0.583. The third-order valence-electron chi connectivity index (χ3n) is 2.42. The molecule has 3 heteroatoms. The number of nitrogens with zero attached hydrogens (tertiary/aromatic N) is 1. The Morgan fingerprint density at radius 3 is 2.80 bits per heavy atom. The van der Waals surface area contributed by atoms with Crippen molar-refractivity contribution < 1.29 is 4.74 Å². The number of halogens is 1. The Hall–Kier alpha value is -0.570. The monoisotopic (exact) mass is 271 g/mol. The summed E-state index contributed by atoms with van der Waals surface area (Å²) < 4.78 is 5.74. The van der Waals surface area contributed by atoms with Crippen LogP contribution in [0.1, 0.15) is 31.7 Å². The number of aromatic nitrogens is 1. The standard InChI is InChI=1S/C12H18BrNO/c1-4-9(2)8-15-12-6-5-10(3)14-11(12)7-13/h5-6,9H,4,7-8H2,1-3H3. The van der Waals surface area contributed by atoms with Gasteiger partial charge in [0.25, 0.3) is 0 Å². The van der Waals surface area contributed by atoms with E-state index in [1.54, 1.807) is 0 Å². The molecule has 1 rings (SSSR count). The van der Waals surface area contributed by atoms with E-state index in [0.29, 0.717) is 5.92 Å². The fourth-order valence-electron chi connectivity index (χ4n) is 1.17. The quantitative estimate of drug-likeness (QED) is 0.762. The molecule has 0 aliphatic carbocycles. The van der Waals surface area contributed by atoms with Crippen molar-refractivity contribution in [1.29, 1.82) is 0 Å². The first-order chi connectivity index (χ1) is 7.17. The number of rotatable bonds is 5. The normalized spacial score (nSPS) is 12.5. The average molecular weight is 272 g/mol. The van der Waals surface area contributed by atoms with E-state index < -0.39 is 0 Å². The van der Waals surface area contributed by atoms with Gasteiger partial charge in [-0.15, -0.1) is 0 Å². The lowest BCUT2D eigenvalue weighted by Gasteiger charge is -2.13. The van der Waals surface area contributed by atoms with Gasteiger partial charge in [0, 0.05) is 11.0 Å². The first-order valence-corrected chi connectivity index (χ1v) is 6.44. The predicted octanol–water partition coefficient (Wildman–Crippen LogP) is 3.71. The van der Waals surface area contributed by atoms with Crippen molar-refractivity contribution in [3.63, 3.8) is 0 Å². The van der Waals surface area contributed by atoms with Crippen molar-refractivity contribution in [3.8, 4) is 5.75 Å². The van der Waals surface area contributed by atoms with Crippen LogP contribution >= 0.6 is 15.9 Å². The molecule has 1 heterocycles. The maximum Gasteiger partial charge on any atom is 0.141 e. The van der Waals surface area contributed by atoms with Gasteiger partial charge in [0.05, 0.1) is 12.3 Å². The largest absolute Gasteiger partial charge is 0.491 e. The molecule has 0 saturated carbocycles. The number of ether oxygens (including phenoxy) is 1. The van der Waals surface area contributed by atoms with Gasteiger partial charge in [0.15, 0.2) is 0 Å². The third-order valence-corrected chi connectivity index (χ3v) is 2.95. The van der Waals surface area contributed by atoms with E-state index in [9.17, 15) is 0 Å². The topological polar surface area (TPSA) is 22.1 Å². The summed E-state index contributed by atoms with van der Waals surface area (Å²) in [7, 11) is 0. The fourth-order valence-corrected chi connectivity index (χ4v) is 1.58. The van der Waals surface area contributed by atoms with E-state index in [2.05, 4.69) is 34.8 Å². The third kappa shape index (κ3) is 3.82. The second-order valence-corrected chi connectivity index (χ2v) is 4.42. The summed E-state index contributed by atoms with van der Waals surface area (Å²) in [5, 5.41) is 0.741. The number of aryl methyl sites for hydroxylation is 1. The van der Waals surface area contributed by atoms with Gasteiger partial charge >= 0.3 is 0 Å². The van der Waals surface area contributed by atoms with E-state index in [-0.39, 0.29) is 0 Å². The maximum absolute atomic E-state index is 5.74. The molecule has 1 aromatic heterocycles. The van der Waals surface area contributed by atoms with E-state index in [0.717, 1.165) is 35.5 Å². The van der Waals surface area contributed by atoms with E-state index in [4.69, 9.17) is 4.74 Å². The van der Waals surface area contributed by atoms with Gasteiger partial charge in [0.2, 0.25) is 0 Å². The lowest BCUT2D eigenvalue weighted by atomic mass is 10.1. The minimum absolute atomic E-state index is 0.592. The molecular formula is C12H18BrNO. The van der Waals surface area contributed by atoms with Crippen LogP contribution in [0.4, 0.5) is 0 Å². The van der Waals surface area contributed by atoms with Crippen molar-refractivity contribution in [2.75, 3.05) is 6.61 Å². The second-order valence-electron chi connectivity index (χ2n) is 3.86. The lowest BCUT2D eigenvalue weighted by molar-refractivity contribution is 0.254. The van der Waals surface area contributed by atoms with Gasteiger partial charge in [-0.3, -0.25) is 4.98 Å². The van der Waals surface area contributed by atoms with Crippen LogP contribution in [0.5, 0.6) is 5.75 Å². The van der Waals surface area contributed by atoms with Crippen molar-refractivity contribution in [3.05, 3.63) is 23.5 Å². The van der Waals surface area contributed by atoms with Gasteiger partial charge in [-0.05, 0) is 25.0 Å². The molecule has 0 fully saturated rings.